The highest BCUT2D eigenvalue weighted by Crippen LogP contribution is 2.32. The van der Waals surface area contributed by atoms with Crippen LogP contribution < -0.4 is 0 Å². The van der Waals surface area contributed by atoms with E-state index < -0.39 is 0 Å². The van der Waals surface area contributed by atoms with Gasteiger partial charge in [-0.25, -0.2) is 4.98 Å². The molecule has 5 heteroatoms. The minimum absolute atomic E-state index is 0.441. The lowest BCUT2D eigenvalue weighted by Gasteiger charge is -1.99. The molecule has 2 aromatic carbocycles. The first-order chi connectivity index (χ1) is 9.17. The predicted octanol–water partition coefficient (Wildman–Crippen LogP) is 4.78. The number of rotatable bonds is 1. The normalized spacial score (nSPS) is 10.6. The van der Waals surface area contributed by atoms with Crippen LogP contribution in [0.5, 0.6) is 0 Å². The Bertz CT molecular complexity index is 820. The molecule has 0 fully saturated rings. The third kappa shape index (κ3) is 2.23. The maximum absolute atomic E-state index is 8.87. The summed E-state index contributed by atoms with van der Waals surface area (Å²) in [4.78, 5) is 4.37. The Morgan fingerprint density at radius 3 is 2.84 bits per heavy atom. The van der Waals surface area contributed by atoms with Gasteiger partial charge < -0.3 is 4.42 Å². The van der Waals surface area contributed by atoms with Crippen LogP contribution >= 0.6 is 27.5 Å². The molecular formula is C14H6BrClN2O. The number of nitrogens with zero attached hydrogens (tertiary/aromatic N) is 2. The number of hydrogen-bond donors (Lipinski definition) is 0. The van der Waals surface area contributed by atoms with E-state index in [-0.39, 0.29) is 0 Å². The van der Waals surface area contributed by atoms with E-state index >= 15 is 0 Å². The van der Waals surface area contributed by atoms with Gasteiger partial charge in [0.1, 0.15) is 5.52 Å². The second kappa shape index (κ2) is 4.69. The Hall–Kier alpha value is -1.83. The largest absolute Gasteiger partial charge is 0.436 e. The molecule has 0 aliphatic rings. The number of hydrogen-bond acceptors (Lipinski definition) is 3. The molecule has 0 bridgehead atoms. The SMILES string of the molecule is N#Cc1ccc2oc(-c3cc(Br)ccc3Cl)nc2c1. The molecule has 3 rings (SSSR count). The summed E-state index contributed by atoms with van der Waals surface area (Å²) < 4.78 is 6.56. The van der Waals surface area contributed by atoms with E-state index in [1.165, 1.54) is 0 Å². The summed E-state index contributed by atoms with van der Waals surface area (Å²) in [5.74, 6) is 0.441. The quantitative estimate of drug-likeness (QED) is 0.644. The summed E-state index contributed by atoms with van der Waals surface area (Å²) in [6.07, 6.45) is 0. The molecule has 0 radical (unpaired) electrons. The van der Waals surface area contributed by atoms with Crippen LogP contribution in [0.1, 0.15) is 5.56 Å². The summed E-state index contributed by atoms with van der Waals surface area (Å²) >= 11 is 9.53. The van der Waals surface area contributed by atoms with Crippen LogP contribution in [0.2, 0.25) is 5.02 Å². The highest BCUT2D eigenvalue weighted by molar-refractivity contribution is 9.10. The molecule has 0 aliphatic heterocycles. The summed E-state index contributed by atoms with van der Waals surface area (Å²) in [7, 11) is 0. The van der Waals surface area contributed by atoms with E-state index in [4.69, 9.17) is 21.3 Å². The van der Waals surface area contributed by atoms with Crippen LogP contribution in [-0.2, 0) is 0 Å². The summed E-state index contributed by atoms with van der Waals surface area (Å²) in [5.41, 5.74) is 2.54. The maximum atomic E-state index is 8.87. The van der Waals surface area contributed by atoms with Crippen molar-refractivity contribution in [3.05, 3.63) is 51.5 Å². The van der Waals surface area contributed by atoms with E-state index in [1.807, 2.05) is 12.1 Å². The number of oxazole rings is 1. The van der Waals surface area contributed by atoms with Gasteiger partial charge in [-0.2, -0.15) is 5.26 Å². The number of aromatic nitrogens is 1. The van der Waals surface area contributed by atoms with Crippen molar-refractivity contribution >= 4 is 38.6 Å². The second-order valence-electron chi connectivity index (χ2n) is 3.94. The Labute approximate surface area is 122 Å². The van der Waals surface area contributed by atoms with Crippen LogP contribution in [0.15, 0.2) is 45.3 Å². The van der Waals surface area contributed by atoms with E-state index in [9.17, 15) is 0 Å². The lowest BCUT2D eigenvalue weighted by Crippen LogP contribution is -1.79. The number of fused-ring (bicyclic) bond motifs is 1. The van der Waals surface area contributed by atoms with E-state index in [0.29, 0.717) is 33.1 Å². The number of nitriles is 1. The number of halogens is 2. The zero-order valence-corrected chi connectivity index (χ0v) is 11.9. The first kappa shape index (κ1) is 12.2. The van der Waals surface area contributed by atoms with E-state index in [1.54, 1.807) is 24.3 Å². The first-order valence-electron chi connectivity index (χ1n) is 5.43. The molecule has 0 aliphatic carbocycles. The van der Waals surface area contributed by atoms with Crippen molar-refractivity contribution in [1.82, 2.24) is 4.98 Å². The van der Waals surface area contributed by atoms with Gasteiger partial charge in [-0.3, -0.25) is 0 Å². The van der Waals surface area contributed by atoms with E-state index in [2.05, 4.69) is 27.0 Å². The molecule has 1 heterocycles. The molecule has 0 amide bonds. The Kier molecular flexibility index (Phi) is 3.02. The average Bonchev–Trinajstić information content (AvgIpc) is 2.83. The molecule has 0 unspecified atom stereocenters. The minimum atomic E-state index is 0.441. The molecule has 0 saturated carbocycles. The third-order valence-electron chi connectivity index (χ3n) is 2.68. The summed E-state index contributed by atoms with van der Waals surface area (Å²) in [5, 5.41) is 9.43. The fraction of sp³-hybridized carbons (Fsp3) is 0. The topological polar surface area (TPSA) is 49.8 Å². The van der Waals surface area contributed by atoms with Crippen molar-refractivity contribution in [2.45, 2.75) is 0 Å². The van der Waals surface area contributed by atoms with Gasteiger partial charge in [-0.05, 0) is 36.4 Å². The van der Waals surface area contributed by atoms with Crippen LogP contribution in [0.4, 0.5) is 0 Å². The number of benzene rings is 2. The van der Waals surface area contributed by atoms with Crippen molar-refractivity contribution < 1.29 is 4.42 Å². The van der Waals surface area contributed by atoms with Crippen molar-refractivity contribution in [2.75, 3.05) is 0 Å². The standard InChI is InChI=1S/C14H6BrClN2O/c15-9-2-3-11(16)10(6-9)14-18-12-5-8(7-17)1-4-13(12)19-14/h1-6H. The predicted molar refractivity (Wildman–Crippen MR) is 76.9 cm³/mol. The molecular weight excluding hydrogens is 328 g/mol. The van der Waals surface area contributed by atoms with Crippen molar-refractivity contribution in [2.24, 2.45) is 0 Å². The van der Waals surface area contributed by atoms with Gasteiger partial charge in [0.2, 0.25) is 5.89 Å². The lowest BCUT2D eigenvalue weighted by atomic mass is 10.2. The van der Waals surface area contributed by atoms with Gasteiger partial charge in [0.25, 0.3) is 0 Å². The zero-order chi connectivity index (χ0) is 13.4. The molecule has 0 atom stereocenters. The summed E-state index contributed by atoms with van der Waals surface area (Å²) in [6.45, 7) is 0. The molecule has 0 N–H and O–H groups in total. The van der Waals surface area contributed by atoms with Gasteiger partial charge in [-0.15, -0.1) is 0 Å². The van der Waals surface area contributed by atoms with Crippen molar-refractivity contribution in [3.8, 4) is 17.5 Å². The fourth-order valence-electron chi connectivity index (χ4n) is 1.77. The van der Waals surface area contributed by atoms with Crippen LogP contribution in [-0.4, -0.2) is 4.98 Å². The molecule has 3 aromatic rings. The van der Waals surface area contributed by atoms with Crippen LogP contribution in [0.3, 0.4) is 0 Å². The summed E-state index contributed by atoms with van der Waals surface area (Å²) in [6, 6.07) is 12.7. The van der Waals surface area contributed by atoms with Gasteiger partial charge in [0.15, 0.2) is 5.58 Å². The van der Waals surface area contributed by atoms with Crippen molar-refractivity contribution in [3.63, 3.8) is 0 Å². The molecule has 0 saturated heterocycles. The molecule has 92 valence electrons. The van der Waals surface area contributed by atoms with Gasteiger partial charge in [0, 0.05) is 4.47 Å². The Morgan fingerprint density at radius 2 is 2.05 bits per heavy atom. The molecule has 0 spiro atoms. The molecule has 19 heavy (non-hydrogen) atoms. The highest BCUT2D eigenvalue weighted by atomic mass is 79.9. The third-order valence-corrected chi connectivity index (χ3v) is 3.50. The average molecular weight is 334 g/mol. The smallest absolute Gasteiger partial charge is 0.228 e. The minimum Gasteiger partial charge on any atom is -0.436 e. The fourth-order valence-corrected chi connectivity index (χ4v) is 2.33. The van der Waals surface area contributed by atoms with Gasteiger partial charge in [-0.1, -0.05) is 27.5 Å². The molecule has 3 nitrogen and oxygen atoms in total. The highest BCUT2D eigenvalue weighted by Gasteiger charge is 2.12. The second-order valence-corrected chi connectivity index (χ2v) is 5.26. The van der Waals surface area contributed by atoms with Crippen LogP contribution in [0, 0.1) is 11.3 Å². The van der Waals surface area contributed by atoms with Gasteiger partial charge in [0.05, 0.1) is 22.2 Å². The first-order valence-corrected chi connectivity index (χ1v) is 6.60. The monoisotopic (exact) mass is 332 g/mol. The lowest BCUT2D eigenvalue weighted by molar-refractivity contribution is 0.620. The van der Waals surface area contributed by atoms with Crippen molar-refractivity contribution in [1.29, 1.82) is 5.26 Å². The molecule has 1 aromatic heterocycles. The maximum Gasteiger partial charge on any atom is 0.228 e. The van der Waals surface area contributed by atoms with Crippen LogP contribution in [0.25, 0.3) is 22.6 Å². The Morgan fingerprint density at radius 1 is 1.21 bits per heavy atom. The Balaban J connectivity index is 2.21. The zero-order valence-electron chi connectivity index (χ0n) is 9.52. The van der Waals surface area contributed by atoms with E-state index in [0.717, 1.165) is 4.47 Å². The van der Waals surface area contributed by atoms with Gasteiger partial charge >= 0.3 is 0 Å².